The maximum atomic E-state index is 12.9. The van der Waals surface area contributed by atoms with Crippen LogP contribution in [0.1, 0.15) is 24.8 Å². The zero-order valence-electron chi connectivity index (χ0n) is 11.8. The molecule has 4 heteroatoms. The van der Waals surface area contributed by atoms with Gasteiger partial charge in [0.1, 0.15) is 5.82 Å². The van der Waals surface area contributed by atoms with E-state index in [1.54, 1.807) is 0 Å². The average molecular weight is 278 g/mol. The second-order valence-electron chi connectivity index (χ2n) is 6.03. The molecule has 0 amide bonds. The van der Waals surface area contributed by atoms with E-state index in [4.69, 9.17) is 0 Å². The minimum absolute atomic E-state index is 0.193. The number of aliphatic hydroxyl groups excluding tert-OH is 1. The Morgan fingerprint density at radius 3 is 2.45 bits per heavy atom. The number of hydrogen-bond acceptors (Lipinski definition) is 3. The van der Waals surface area contributed by atoms with Crippen molar-refractivity contribution in [3.63, 3.8) is 0 Å². The standard InChI is InChI=1S/C16H23FN2O/c17-14-5-3-13(4-6-14)11-18-10-7-15(16(20)12-18)19-8-1-2-9-19/h3-6,15-16,20H,1-2,7-12H2/t15-,16-/m1/s1. The molecular weight excluding hydrogens is 255 g/mol. The molecule has 1 aromatic rings. The molecule has 2 fully saturated rings. The Hall–Kier alpha value is -0.970. The fourth-order valence-corrected chi connectivity index (χ4v) is 3.48. The van der Waals surface area contributed by atoms with Crippen molar-refractivity contribution in [1.82, 2.24) is 9.80 Å². The predicted octanol–water partition coefficient (Wildman–Crippen LogP) is 1.86. The van der Waals surface area contributed by atoms with Gasteiger partial charge >= 0.3 is 0 Å². The number of benzene rings is 1. The van der Waals surface area contributed by atoms with Crippen LogP contribution in [0.5, 0.6) is 0 Å². The fourth-order valence-electron chi connectivity index (χ4n) is 3.48. The van der Waals surface area contributed by atoms with E-state index in [-0.39, 0.29) is 11.9 Å². The van der Waals surface area contributed by atoms with Crippen LogP contribution in [0.3, 0.4) is 0 Å². The lowest BCUT2D eigenvalue weighted by Crippen LogP contribution is -2.53. The third-order valence-electron chi connectivity index (χ3n) is 4.56. The summed E-state index contributed by atoms with van der Waals surface area (Å²) < 4.78 is 12.9. The number of likely N-dealkylation sites (tertiary alicyclic amines) is 2. The molecule has 0 saturated carbocycles. The summed E-state index contributed by atoms with van der Waals surface area (Å²) in [6.45, 7) is 4.80. The molecule has 2 atom stereocenters. The van der Waals surface area contributed by atoms with Crippen LogP contribution in [0.15, 0.2) is 24.3 Å². The highest BCUT2D eigenvalue weighted by Gasteiger charge is 2.33. The summed E-state index contributed by atoms with van der Waals surface area (Å²) in [6.07, 6.45) is 3.30. The number of nitrogens with zero attached hydrogens (tertiary/aromatic N) is 2. The number of piperidine rings is 1. The van der Waals surface area contributed by atoms with Crippen LogP contribution in [-0.2, 0) is 6.54 Å². The smallest absolute Gasteiger partial charge is 0.123 e. The topological polar surface area (TPSA) is 26.7 Å². The van der Waals surface area contributed by atoms with E-state index in [1.165, 1.54) is 25.0 Å². The lowest BCUT2D eigenvalue weighted by atomic mass is 10.00. The van der Waals surface area contributed by atoms with Gasteiger partial charge in [0.25, 0.3) is 0 Å². The SMILES string of the molecule is O[C@@H]1CN(Cc2ccc(F)cc2)CC[C@H]1N1CCCC1. The molecule has 1 N–H and O–H groups in total. The van der Waals surface area contributed by atoms with Crippen LogP contribution < -0.4 is 0 Å². The Morgan fingerprint density at radius 1 is 1.10 bits per heavy atom. The average Bonchev–Trinajstić information content (AvgIpc) is 2.95. The molecule has 3 rings (SSSR count). The lowest BCUT2D eigenvalue weighted by Gasteiger charge is -2.40. The van der Waals surface area contributed by atoms with Gasteiger partial charge in [0.15, 0.2) is 0 Å². The molecule has 2 saturated heterocycles. The Kier molecular flexibility index (Phi) is 4.34. The van der Waals surface area contributed by atoms with Crippen molar-refractivity contribution in [2.45, 2.75) is 38.0 Å². The summed E-state index contributed by atoms with van der Waals surface area (Å²) in [5.41, 5.74) is 1.11. The Labute approximate surface area is 120 Å². The zero-order valence-corrected chi connectivity index (χ0v) is 11.8. The van der Waals surface area contributed by atoms with Crippen LogP contribution >= 0.6 is 0 Å². The largest absolute Gasteiger partial charge is 0.390 e. The molecule has 1 aromatic carbocycles. The van der Waals surface area contributed by atoms with Crippen LogP contribution in [0.2, 0.25) is 0 Å². The summed E-state index contributed by atoms with van der Waals surface area (Å²) >= 11 is 0. The third kappa shape index (κ3) is 3.19. The van der Waals surface area contributed by atoms with Crippen molar-refractivity contribution in [3.05, 3.63) is 35.6 Å². The van der Waals surface area contributed by atoms with Gasteiger partial charge in [-0.3, -0.25) is 9.80 Å². The van der Waals surface area contributed by atoms with Gasteiger partial charge in [-0.2, -0.15) is 0 Å². The van der Waals surface area contributed by atoms with E-state index < -0.39 is 0 Å². The van der Waals surface area contributed by atoms with Crippen molar-refractivity contribution in [2.24, 2.45) is 0 Å². The first kappa shape index (κ1) is 14.0. The Bertz CT molecular complexity index is 431. The van der Waals surface area contributed by atoms with Crippen LogP contribution in [0.4, 0.5) is 4.39 Å². The minimum atomic E-state index is -0.262. The van der Waals surface area contributed by atoms with E-state index in [9.17, 15) is 9.50 Å². The first-order chi connectivity index (χ1) is 9.72. The highest BCUT2D eigenvalue weighted by molar-refractivity contribution is 5.16. The van der Waals surface area contributed by atoms with Gasteiger partial charge in [-0.15, -0.1) is 0 Å². The summed E-state index contributed by atoms with van der Waals surface area (Å²) in [4.78, 5) is 4.71. The number of hydrogen-bond donors (Lipinski definition) is 1. The first-order valence-electron chi connectivity index (χ1n) is 7.61. The fraction of sp³-hybridized carbons (Fsp3) is 0.625. The highest BCUT2D eigenvalue weighted by atomic mass is 19.1. The first-order valence-corrected chi connectivity index (χ1v) is 7.61. The summed E-state index contributed by atoms with van der Waals surface area (Å²) in [6, 6.07) is 7.00. The van der Waals surface area contributed by atoms with Gasteiger partial charge < -0.3 is 5.11 Å². The molecule has 0 radical (unpaired) electrons. The Morgan fingerprint density at radius 2 is 1.80 bits per heavy atom. The normalized spacial score (nSPS) is 28.9. The third-order valence-corrected chi connectivity index (χ3v) is 4.56. The molecule has 110 valence electrons. The molecule has 2 heterocycles. The molecule has 0 aliphatic carbocycles. The molecular formula is C16H23FN2O. The van der Waals surface area contributed by atoms with Gasteiger partial charge in [0.05, 0.1) is 6.10 Å². The molecule has 0 spiro atoms. The number of halogens is 1. The summed E-state index contributed by atoms with van der Waals surface area (Å²) in [5, 5.41) is 10.4. The van der Waals surface area contributed by atoms with E-state index >= 15 is 0 Å². The van der Waals surface area contributed by atoms with Crippen molar-refractivity contribution in [3.8, 4) is 0 Å². The molecule has 3 nitrogen and oxygen atoms in total. The Balaban J connectivity index is 1.55. The molecule has 0 bridgehead atoms. The van der Waals surface area contributed by atoms with E-state index in [1.807, 2.05) is 12.1 Å². The van der Waals surface area contributed by atoms with Crippen LogP contribution in [0, 0.1) is 5.82 Å². The second kappa shape index (κ2) is 6.20. The monoisotopic (exact) mass is 278 g/mol. The lowest BCUT2D eigenvalue weighted by molar-refractivity contribution is -0.00739. The number of rotatable bonds is 3. The number of aliphatic hydroxyl groups is 1. The van der Waals surface area contributed by atoms with Crippen LogP contribution in [-0.4, -0.2) is 53.2 Å². The van der Waals surface area contributed by atoms with Crippen molar-refractivity contribution < 1.29 is 9.50 Å². The van der Waals surface area contributed by atoms with Gasteiger partial charge in [-0.1, -0.05) is 12.1 Å². The minimum Gasteiger partial charge on any atom is -0.390 e. The molecule has 2 aliphatic heterocycles. The molecule has 0 aromatic heterocycles. The van der Waals surface area contributed by atoms with Gasteiger partial charge in [0.2, 0.25) is 0 Å². The summed E-state index contributed by atoms with van der Waals surface area (Å²) in [5.74, 6) is -0.193. The van der Waals surface area contributed by atoms with E-state index in [0.717, 1.165) is 44.7 Å². The highest BCUT2D eigenvalue weighted by Crippen LogP contribution is 2.22. The molecule has 0 unspecified atom stereocenters. The van der Waals surface area contributed by atoms with E-state index in [0.29, 0.717) is 6.04 Å². The maximum Gasteiger partial charge on any atom is 0.123 e. The molecule has 2 aliphatic rings. The number of β-amino-alcohol motifs (C(OH)–C–C–N with tert-alkyl or cyclic N) is 1. The van der Waals surface area contributed by atoms with Crippen LogP contribution in [0.25, 0.3) is 0 Å². The second-order valence-corrected chi connectivity index (χ2v) is 6.03. The predicted molar refractivity (Wildman–Crippen MR) is 76.9 cm³/mol. The zero-order chi connectivity index (χ0) is 13.9. The van der Waals surface area contributed by atoms with Gasteiger partial charge in [-0.25, -0.2) is 4.39 Å². The van der Waals surface area contributed by atoms with Crippen molar-refractivity contribution >= 4 is 0 Å². The van der Waals surface area contributed by atoms with Gasteiger partial charge in [0, 0.05) is 25.7 Å². The quantitative estimate of drug-likeness (QED) is 0.914. The summed E-state index contributed by atoms with van der Waals surface area (Å²) in [7, 11) is 0. The van der Waals surface area contributed by atoms with Crippen molar-refractivity contribution in [1.29, 1.82) is 0 Å². The van der Waals surface area contributed by atoms with Gasteiger partial charge in [-0.05, 0) is 50.0 Å². The molecule has 20 heavy (non-hydrogen) atoms. The van der Waals surface area contributed by atoms with Crippen molar-refractivity contribution in [2.75, 3.05) is 26.2 Å². The maximum absolute atomic E-state index is 12.9. The van der Waals surface area contributed by atoms with E-state index in [2.05, 4.69) is 9.80 Å².